The van der Waals surface area contributed by atoms with E-state index in [-0.39, 0.29) is 0 Å². The number of aryl methyl sites for hydroxylation is 2. The van der Waals surface area contributed by atoms with Crippen LogP contribution in [0.5, 0.6) is 5.75 Å². The standard InChI is InChI=1S/C24H32O7/c1-16-5-7-18(8-6-16)15-30-19-11-9-17(10-12-19)4-2-3-13-29-24-23(28)22(27)21(26)20(14-25)31-24/h5-12,20-28H,2-4,13-15H2,1H3. The predicted molar refractivity (Wildman–Crippen MR) is 115 cm³/mol. The van der Waals surface area contributed by atoms with Crippen LogP contribution in [0.2, 0.25) is 0 Å². The molecule has 170 valence electrons. The third-order valence-electron chi connectivity index (χ3n) is 5.44. The Labute approximate surface area is 182 Å². The Bertz CT molecular complexity index is 776. The average Bonchev–Trinajstić information content (AvgIpc) is 2.79. The lowest BCUT2D eigenvalue weighted by molar-refractivity contribution is -0.301. The largest absolute Gasteiger partial charge is 0.489 e. The van der Waals surface area contributed by atoms with Crippen LogP contribution in [0.3, 0.4) is 0 Å². The van der Waals surface area contributed by atoms with Gasteiger partial charge in [-0.1, -0.05) is 42.0 Å². The quantitative estimate of drug-likeness (QED) is 0.423. The number of aliphatic hydroxyl groups is 4. The van der Waals surface area contributed by atoms with Gasteiger partial charge in [0.2, 0.25) is 0 Å². The monoisotopic (exact) mass is 432 g/mol. The number of hydrogen-bond donors (Lipinski definition) is 4. The second-order valence-corrected chi connectivity index (χ2v) is 7.94. The molecule has 5 atom stereocenters. The van der Waals surface area contributed by atoms with Gasteiger partial charge in [-0.3, -0.25) is 0 Å². The Balaban J connectivity index is 1.34. The Kier molecular flexibility index (Phi) is 8.83. The summed E-state index contributed by atoms with van der Waals surface area (Å²) in [5, 5.41) is 38.7. The molecular weight excluding hydrogens is 400 g/mol. The van der Waals surface area contributed by atoms with Crippen molar-refractivity contribution in [2.75, 3.05) is 13.2 Å². The predicted octanol–water partition coefficient (Wildman–Crippen LogP) is 1.71. The van der Waals surface area contributed by atoms with Crippen LogP contribution in [0, 0.1) is 6.92 Å². The first-order valence-electron chi connectivity index (χ1n) is 10.7. The van der Waals surface area contributed by atoms with Crippen LogP contribution in [0.15, 0.2) is 48.5 Å². The van der Waals surface area contributed by atoms with E-state index in [1.807, 2.05) is 24.3 Å². The van der Waals surface area contributed by atoms with Gasteiger partial charge in [-0.2, -0.15) is 0 Å². The van der Waals surface area contributed by atoms with Gasteiger partial charge in [-0.15, -0.1) is 0 Å². The van der Waals surface area contributed by atoms with E-state index in [2.05, 4.69) is 31.2 Å². The molecular formula is C24H32O7. The fourth-order valence-corrected chi connectivity index (χ4v) is 3.44. The molecule has 2 aromatic rings. The molecule has 1 fully saturated rings. The maximum absolute atomic E-state index is 9.96. The molecule has 4 N–H and O–H groups in total. The topological polar surface area (TPSA) is 109 Å². The van der Waals surface area contributed by atoms with Gasteiger partial charge in [0.1, 0.15) is 36.8 Å². The van der Waals surface area contributed by atoms with Crippen molar-refractivity contribution in [2.45, 2.75) is 63.5 Å². The van der Waals surface area contributed by atoms with Crippen molar-refractivity contribution in [1.82, 2.24) is 0 Å². The summed E-state index contributed by atoms with van der Waals surface area (Å²) in [6.07, 6.45) is -3.68. The van der Waals surface area contributed by atoms with Crippen LogP contribution in [-0.2, 0) is 22.5 Å². The van der Waals surface area contributed by atoms with Crippen molar-refractivity contribution in [3.63, 3.8) is 0 Å². The molecule has 0 bridgehead atoms. The third-order valence-corrected chi connectivity index (χ3v) is 5.44. The molecule has 1 aliphatic heterocycles. The molecule has 31 heavy (non-hydrogen) atoms. The van der Waals surface area contributed by atoms with Crippen LogP contribution in [0.4, 0.5) is 0 Å². The maximum atomic E-state index is 9.96. The highest BCUT2D eigenvalue weighted by Gasteiger charge is 2.43. The zero-order chi connectivity index (χ0) is 22.2. The number of ether oxygens (including phenoxy) is 3. The first kappa shape index (κ1) is 23.7. The van der Waals surface area contributed by atoms with Gasteiger partial charge < -0.3 is 34.6 Å². The van der Waals surface area contributed by atoms with Gasteiger partial charge in [-0.25, -0.2) is 0 Å². The van der Waals surface area contributed by atoms with E-state index in [0.29, 0.717) is 13.2 Å². The fourth-order valence-electron chi connectivity index (χ4n) is 3.44. The molecule has 3 rings (SSSR count). The van der Waals surface area contributed by atoms with E-state index in [9.17, 15) is 20.4 Å². The first-order valence-corrected chi connectivity index (χ1v) is 10.7. The molecule has 0 amide bonds. The van der Waals surface area contributed by atoms with Crippen molar-refractivity contribution >= 4 is 0 Å². The number of aliphatic hydroxyl groups excluding tert-OH is 4. The molecule has 0 radical (unpaired) electrons. The molecule has 0 saturated carbocycles. The van der Waals surface area contributed by atoms with E-state index in [0.717, 1.165) is 30.6 Å². The Morgan fingerprint density at radius 2 is 1.52 bits per heavy atom. The van der Waals surface area contributed by atoms with Gasteiger partial charge in [0, 0.05) is 6.61 Å². The van der Waals surface area contributed by atoms with E-state index >= 15 is 0 Å². The molecule has 0 spiro atoms. The van der Waals surface area contributed by atoms with Crippen LogP contribution >= 0.6 is 0 Å². The first-order chi connectivity index (χ1) is 15.0. The van der Waals surface area contributed by atoms with Crippen LogP contribution in [-0.4, -0.2) is 64.3 Å². The van der Waals surface area contributed by atoms with E-state index < -0.39 is 37.3 Å². The van der Waals surface area contributed by atoms with Gasteiger partial charge in [0.25, 0.3) is 0 Å². The number of unbranched alkanes of at least 4 members (excludes halogenated alkanes) is 1. The summed E-state index contributed by atoms with van der Waals surface area (Å²) in [7, 11) is 0. The zero-order valence-electron chi connectivity index (χ0n) is 17.8. The van der Waals surface area contributed by atoms with E-state index in [1.165, 1.54) is 11.1 Å². The lowest BCUT2D eigenvalue weighted by Gasteiger charge is -2.39. The minimum atomic E-state index is -1.41. The summed E-state index contributed by atoms with van der Waals surface area (Å²) in [5.74, 6) is 0.829. The summed E-state index contributed by atoms with van der Waals surface area (Å²) in [5.41, 5.74) is 3.55. The Morgan fingerprint density at radius 1 is 0.839 bits per heavy atom. The van der Waals surface area contributed by atoms with Gasteiger partial charge >= 0.3 is 0 Å². The molecule has 1 heterocycles. The molecule has 7 heteroatoms. The SMILES string of the molecule is Cc1ccc(COc2ccc(CCCCOC3OC(CO)C(O)C(O)C3O)cc2)cc1. The number of hydrogen-bond acceptors (Lipinski definition) is 7. The Morgan fingerprint density at radius 3 is 2.19 bits per heavy atom. The van der Waals surface area contributed by atoms with E-state index in [4.69, 9.17) is 14.2 Å². The lowest BCUT2D eigenvalue weighted by Crippen LogP contribution is -2.59. The smallest absolute Gasteiger partial charge is 0.186 e. The molecule has 1 saturated heterocycles. The molecule has 0 aromatic heterocycles. The van der Waals surface area contributed by atoms with Gasteiger partial charge in [0.15, 0.2) is 6.29 Å². The highest BCUT2D eigenvalue weighted by molar-refractivity contribution is 5.28. The molecule has 1 aliphatic rings. The lowest BCUT2D eigenvalue weighted by atomic mass is 9.99. The van der Waals surface area contributed by atoms with Crippen molar-refractivity contribution < 1.29 is 34.6 Å². The maximum Gasteiger partial charge on any atom is 0.186 e. The zero-order valence-corrected chi connectivity index (χ0v) is 17.8. The van der Waals surface area contributed by atoms with Gasteiger partial charge in [-0.05, 0) is 49.4 Å². The number of rotatable bonds is 10. The second-order valence-electron chi connectivity index (χ2n) is 7.94. The van der Waals surface area contributed by atoms with Crippen LogP contribution in [0.25, 0.3) is 0 Å². The number of benzene rings is 2. The molecule has 7 nitrogen and oxygen atoms in total. The summed E-state index contributed by atoms with van der Waals surface area (Å²) >= 11 is 0. The second kappa shape index (κ2) is 11.6. The highest BCUT2D eigenvalue weighted by atomic mass is 16.7. The van der Waals surface area contributed by atoms with Crippen molar-refractivity contribution in [3.05, 3.63) is 65.2 Å². The van der Waals surface area contributed by atoms with E-state index in [1.54, 1.807) is 0 Å². The third kappa shape index (κ3) is 6.74. The molecule has 5 unspecified atom stereocenters. The summed E-state index contributed by atoms with van der Waals surface area (Å²) < 4.78 is 16.7. The summed E-state index contributed by atoms with van der Waals surface area (Å²) in [6.45, 7) is 2.47. The molecule has 2 aromatic carbocycles. The van der Waals surface area contributed by atoms with Crippen molar-refractivity contribution in [3.8, 4) is 5.75 Å². The van der Waals surface area contributed by atoms with Crippen LogP contribution < -0.4 is 4.74 Å². The van der Waals surface area contributed by atoms with Crippen molar-refractivity contribution in [2.24, 2.45) is 0 Å². The minimum absolute atomic E-state index is 0.334. The fraction of sp³-hybridized carbons (Fsp3) is 0.500. The Hall–Kier alpha value is -2.00. The minimum Gasteiger partial charge on any atom is -0.489 e. The van der Waals surface area contributed by atoms with Crippen molar-refractivity contribution in [1.29, 1.82) is 0 Å². The molecule has 0 aliphatic carbocycles. The van der Waals surface area contributed by atoms with Crippen LogP contribution in [0.1, 0.15) is 29.5 Å². The average molecular weight is 433 g/mol. The summed E-state index contributed by atoms with van der Waals surface area (Å²) in [6, 6.07) is 16.3. The highest BCUT2D eigenvalue weighted by Crippen LogP contribution is 2.22. The normalized spacial score (nSPS) is 26.0. The summed E-state index contributed by atoms with van der Waals surface area (Å²) in [4.78, 5) is 0. The van der Waals surface area contributed by atoms with Gasteiger partial charge in [0.05, 0.1) is 6.61 Å².